The summed E-state index contributed by atoms with van der Waals surface area (Å²) in [6, 6.07) is 10.9. The molecule has 1 saturated heterocycles. The van der Waals surface area contributed by atoms with Crippen LogP contribution in [-0.2, 0) is 0 Å². The standard InChI is InChI=1S/C20H20N6O2/c1-15-13-17(27)19(23-26(15)16-5-3-2-4-6-16)20(28)25-11-9-24(10-12-25)18-14-21-7-8-22-18/h2-8,13-14H,9-12H2,1H3. The molecule has 2 aromatic heterocycles. The van der Waals surface area contributed by atoms with Gasteiger partial charge in [0, 0.05) is 50.3 Å². The summed E-state index contributed by atoms with van der Waals surface area (Å²) in [6.45, 7) is 4.05. The average molecular weight is 376 g/mol. The van der Waals surface area contributed by atoms with Gasteiger partial charge in [0.15, 0.2) is 5.69 Å². The molecule has 0 saturated carbocycles. The smallest absolute Gasteiger partial charge is 0.278 e. The summed E-state index contributed by atoms with van der Waals surface area (Å²) in [5, 5.41) is 4.37. The Labute approximate surface area is 162 Å². The molecule has 1 fully saturated rings. The van der Waals surface area contributed by atoms with E-state index in [1.165, 1.54) is 6.07 Å². The van der Waals surface area contributed by atoms with E-state index in [-0.39, 0.29) is 17.0 Å². The van der Waals surface area contributed by atoms with Gasteiger partial charge in [-0.1, -0.05) is 18.2 Å². The van der Waals surface area contributed by atoms with Gasteiger partial charge in [0.2, 0.25) is 5.43 Å². The van der Waals surface area contributed by atoms with E-state index in [2.05, 4.69) is 20.0 Å². The highest BCUT2D eigenvalue weighted by Crippen LogP contribution is 2.13. The van der Waals surface area contributed by atoms with Crippen LogP contribution in [0, 0.1) is 6.92 Å². The third-order valence-corrected chi connectivity index (χ3v) is 4.75. The zero-order valence-corrected chi connectivity index (χ0v) is 15.5. The topological polar surface area (TPSA) is 84.2 Å². The number of hydrogen-bond donors (Lipinski definition) is 0. The van der Waals surface area contributed by atoms with Crippen molar-refractivity contribution in [1.82, 2.24) is 24.6 Å². The lowest BCUT2D eigenvalue weighted by molar-refractivity contribution is 0.0737. The zero-order valence-electron chi connectivity index (χ0n) is 15.5. The number of anilines is 1. The Morgan fingerprint density at radius 2 is 1.79 bits per heavy atom. The van der Waals surface area contributed by atoms with E-state index < -0.39 is 0 Å². The molecule has 8 nitrogen and oxygen atoms in total. The number of para-hydroxylation sites is 1. The molecule has 28 heavy (non-hydrogen) atoms. The SMILES string of the molecule is Cc1cc(=O)c(C(=O)N2CCN(c3cnccn3)CC2)nn1-c1ccccc1. The first kappa shape index (κ1) is 17.8. The van der Waals surface area contributed by atoms with E-state index in [4.69, 9.17) is 0 Å². The van der Waals surface area contributed by atoms with Crippen molar-refractivity contribution in [2.45, 2.75) is 6.92 Å². The Kier molecular flexibility index (Phi) is 4.84. The average Bonchev–Trinajstić information content (AvgIpc) is 2.75. The fraction of sp³-hybridized carbons (Fsp3) is 0.250. The maximum atomic E-state index is 13.0. The third-order valence-electron chi connectivity index (χ3n) is 4.75. The van der Waals surface area contributed by atoms with Crippen LogP contribution in [0.25, 0.3) is 5.69 Å². The lowest BCUT2D eigenvalue weighted by Crippen LogP contribution is -2.50. The number of carbonyl (C=O) groups is 1. The Morgan fingerprint density at radius 1 is 1.04 bits per heavy atom. The summed E-state index contributed by atoms with van der Waals surface area (Å²) in [5.41, 5.74) is 1.08. The number of nitrogens with zero attached hydrogens (tertiary/aromatic N) is 6. The van der Waals surface area contributed by atoms with E-state index in [0.29, 0.717) is 31.9 Å². The van der Waals surface area contributed by atoms with Crippen molar-refractivity contribution in [1.29, 1.82) is 0 Å². The molecule has 0 bridgehead atoms. The van der Waals surface area contributed by atoms with E-state index in [1.807, 2.05) is 30.3 Å². The van der Waals surface area contributed by atoms with E-state index >= 15 is 0 Å². The maximum absolute atomic E-state index is 13.0. The minimum atomic E-state index is -0.356. The predicted molar refractivity (Wildman–Crippen MR) is 105 cm³/mol. The summed E-state index contributed by atoms with van der Waals surface area (Å²) in [5.74, 6) is 0.447. The molecule has 4 rings (SSSR count). The Hall–Kier alpha value is -3.55. The van der Waals surface area contributed by atoms with Crippen LogP contribution in [0.4, 0.5) is 5.82 Å². The minimum Gasteiger partial charge on any atom is -0.352 e. The number of benzene rings is 1. The predicted octanol–water partition coefficient (Wildman–Crippen LogP) is 1.29. The molecule has 1 aliphatic heterocycles. The van der Waals surface area contributed by atoms with Gasteiger partial charge in [-0.25, -0.2) is 9.67 Å². The van der Waals surface area contributed by atoms with E-state index in [1.54, 1.807) is 35.1 Å². The van der Waals surface area contributed by atoms with Gasteiger partial charge in [-0.05, 0) is 19.1 Å². The quantitative estimate of drug-likeness (QED) is 0.685. The molecule has 0 aliphatic carbocycles. The maximum Gasteiger partial charge on any atom is 0.278 e. The van der Waals surface area contributed by atoms with Gasteiger partial charge >= 0.3 is 0 Å². The van der Waals surface area contributed by atoms with Gasteiger partial charge in [0.05, 0.1) is 11.9 Å². The number of aromatic nitrogens is 4. The van der Waals surface area contributed by atoms with Gasteiger partial charge in [0.1, 0.15) is 5.82 Å². The van der Waals surface area contributed by atoms with Crippen LogP contribution in [0.3, 0.4) is 0 Å². The monoisotopic (exact) mass is 376 g/mol. The number of carbonyl (C=O) groups excluding carboxylic acids is 1. The number of amides is 1. The lowest BCUT2D eigenvalue weighted by atomic mass is 10.2. The molecular formula is C20H20N6O2. The normalized spacial score (nSPS) is 14.2. The van der Waals surface area contributed by atoms with Gasteiger partial charge in [-0.15, -0.1) is 0 Å². The van der Waals surface area contributed by atoms with Gasteiger partial charge < -0.3 is 9.80 Å². The van der Waals surface area contributed by atoms with Crippen LogP contribution in [-0.4, -0.2) is 56.7 Å². The molecule has 142 valence electrons. The summed E-state index contributed by atoms with van der Waals surface area (Å²) in [6.07, 6.45) is 4.98. The molecule has 0 spiro atoms. The summed E-state index contributed by atoms with van der Waals surface area (Å²) in [7, 11) is 0. The van der Waals surface area contributed by atoms with Crippen molar-refractivity contribution in [3.63, 3.8) is 0 Å². The second-order valence-corrected chi connectivity index (χ2v) is 6.59. The first-order valence-corrected chi connectivity index (χ1v) is 9.10. The molecule has 1 aromatic carbocycles. The molecule has 0 radical (unpaired) electrons. The van der Waals surface area contributed by atoms with Crippen LogP contribution >= 0.6 is 0 Å². The number of aryl methyl sites for hydroxylation is 1. The second kappa shape index (κ2) is 7.59. The molecule has 1 aliphatic rings. The van der Waals surface area contributed by atoms with Crippen molar-refractivity contribution < 1.29 is 4.79 Å². The fourth-order valence-electron chi connectivity index (χ4n) is 3.27. The Morgan fingerprint density at radius 3 is 2.46 bits per heavy atom. The molecule has 3 heterocycles. The molecule has 1 amide bonds. The molecule has 0 atom stereocenters. The van der Waals surface area contributed by atoms with Crippen molar-refractivity contribution in [3.8, 4) is 5.69 Å². The van der Waals surface area contributed by atoms with Gasteiger partial charge in [-0.3, -0.25) is 14.6 Å². The van der Waals surface area contributed by atoms with Crippen LogP contribution in [0.2, 0.25) is 0 Å². The summed E-state index contributed by atoms with van der Waals surface area (Å²) in [4.78, 5) is 37.5. The fourth-order valence-corrected chi connectivity index (χ4v) is 3.27. The second-order valence-electron chi connectivity index (χ2n) is 6.59. The van der Waals surface area contributed by atoms with Crippen molar-refractivity contribution in [2.24, 2.45) is 0 Å². The van der Waals surface area contributed by atoms with E-state index in [9.17, 15) is 9.59 Å². The van der Waals surface area contributed by atoms with Crippen molar-refractivity contribution in [3.05, 3.63) is 76.6 Å². The molecule has 3 aromatic rings. The first-order valence-electron chi connectivity index (χ1n) is 9.10. The van der Waals surface area contributed by atoms with Gasteiger partial charge in [-0.2, -0.15) is 5.10 Å². The number of rotatable bonds is 3. The highest BCUT2D eigenvalue weighted by Gasteiger charge is 2.26. The molecular weight excluding hydrogens is 356 g/mol. The lowest BCUT2D eigenvalue weighted by Gasteiger charge is -2.34. The molecule has 0 N–H and O–H groups in total. The van der Waals surface area contributed by atoms with E-state index in [0.717, 1.165) is 11.5 Å². The van der Waals surface area contributed by atoms with Crippen LogP contribution < -0.4 is 10.3 Å². The van der Waals surface area contributed by atoms with Gasteiger partial charge in [0.25, 0.3) is 5.91 Å². The summed E-state index contributed by atoms with van der Waals surface area (Å²) >= 11 is 0. The highest BCUT2D eigenvalue weighted by molar-refractivity contribution is 5.92. The van der Waals surface area contributed by atoms with Crippen LogP contribution in [0.1, 0.15) is 16.2 Å². The summed E-state index contributed by atoms with van der Waals surface area (Å²) < 4.78 is 1.63. The first-order chi connectivity index (χ1) is 13.6. The zero-order chi connectivity index (χ0) is 19.5. The van der Waals surface area contributed by atoms with Crippen molar-refractivity contribution >= 4 is 11.7 Å². The largest absolute Gasteiger partial charge is 0.352 e. The van der Waals surface area contributed by atoms with Crippen molar-refractivity contribution in [2.75, 3.05) is 31.1 Å². The number of piperazine rings is 1. The van der Waals surface area contributed by atoms with Crippen LogP contribution in [0.15, 0.2) is 59.8 Å². The minimum absolute atomic E-state index is 0.0533. The molecule has 8 heteroatoms. The Balaban J connectivity index is 1.55. The number of hydrogen-bond acceptors (Lipinski definition) is 6. The van der Waals surface area contributed by atoms with Crippen LogP contribution in [0.5, 0.6) is 0 Å². The Bertz CT molecular complexity index is 1030. The molecule has 0 unspecified atom stereocenters. The highest BCUT2D eigenvalue weighted by atomic mass is 16.2. The third kappa shape index (κ3) is 3.48.